The third-order valence-electron chi connectivity index (χ3n) is 3.70. The Hall–Kier alpha value is -1.44. The molecule has 0 saturated heterocycles. The van der Waals surface area contributed by atoms with Gasteiger partial charge in [-0.15, -0.1) is 0 Å². The Morgan fingerprint density at radius 2 is 2.06 bits per heavy atom. The molecule has 0 fully saturated rings. The SMILES string of the molecule is Cc1ccc2c3c(ccc2c1)-c1nn[se]c1CC3. The van der Waals surface area contributed by atoms with Crippen molar-refractivity contribution in [1.29, 1.82) is 0 Å². The molecular weight excluding hydrogens is 287 g/mol. The minimum absolute atomic E-state index is 0.259. The van der Waals surface area contributed by atoms with Crippen molar-refractivity contribution >= 4 is 25.5 Å². The molecule has 1 heterocycles. The molecule has 2 nitrogen and oxygen atoms in total. The summed E-state index contributed by atoms with van der Waals surface area (Å²) in [6.45, 7) is 2.15. The van der Waals surface area contributed by atoms with Crippen molar-refractivity contribution in [2.24, 2.45) is 0 Å². The van der Waals surface area contributed by atoms with E-state index < -0.39 is 0 Å². The molecule has 0 unspecified atom stereocenters. The zero-order valence-electron chi connectivity index (χ0n) is 10.1. The van der Waals surface area contributed by atoms with Crippen molar-refractivity contribution in [2.45, 2.75) is 19.8 Å². The predicted molar refractivity (Wildman–Crippen MR) is 74.1 cm³/mol. The van der Waals surface area contributed by atoms with Crippen molar-refractivity contribution in [3.63, 3.8) is 0 Å². The molecule has 0 aliphatic heterocycles. The van der Waals surface area contributed by atoms with Crippen LogP contribution in [0.5, 0.6) is 0 Å². The number of benzene rings is 2. The Morgan fingerprint density at radius 3 is 3.00 bits per heavy atom. The average Bonchev–Trinajstić information content (AvgIpc) is 2.86. The first-order valence-corrected chi connectivity index (χ1v) is 7.79. The fourth-order valence-corrected chi connectivity index (χ4v) is 4.19. The van der Waals surface area contributed by atoms with Gasteiger partial charge >= 0.3 is 112 Å². The summed E-state index contributed by atoms with van der Waals surface area (Å²) in [5.41, 5.74) is 5.26. The van der Waals surface area contributed by atoms with Gasteiger partial charge in [0.15, 0.2) is 0 Å². The molecule has 0 amide bonds. The van der Waals surface area contributed by atoms with Crippen LogP contribution in [0.15, 0.2) is 30.3 Å². The number of aromatic nitrogens is 2. The van der Waals surface area contributed by atoms with E-state index in [-0.39, 0.29) is 14.7 Å². The zero-order valence-corrected chi connectivity index (χ0v) is 11.8. The Labute approximate surface area is 112 Å². The van der Waals surface area contributed by atoms with Crippen molar-refractivity contribution in [3.05, 3.63) is 45.9 Å². The third kappa shape index (κ3) is 1.41. The van der Waals surface area contributed by atoms with Crippen molar-refractivity contribution < 1.29 is 0 Å². The summed E-state index contributed by atoms with van der Waals surface area (Å²) < 4.78 is 5.71. The summed E-state index contributed by atoms with van der Waals surface area (Å²) in [6.07, 6.45) is 2.28. The molecule has 0 N–H and O–H groups in total. The molecule has 4 rings (SSSR count). The van der Waals surface area contributed by atoms with E-state index in [1.807, 2.05) is 0 Å². The maximum atomic E-state index is 4.36. The van der Waals surface area contributed by atoms with E-state index in [1.54, 1.807) is 0 Å². The van der Waals surface area contributed by atoms with Gasteiger partial charge in [-0.3, -0.25) is 0 Å². The fraction of sp³-hybridized carbons (Fsp3) is 0.200. The molecular formula is C15H12N2Se. The third-order valence-corrected chi connectivity index (χ3v) is 5.34. The normalized spacial score (nSPS) is 13.4. The Balaban J connectivity index is 2.08. The minimum atomic E-state index is 0.259. The van der Waals surface area contributed by atoms with E-state index >= 15 is 0 Å². The Kier molecular flexibility index (Phi) is 2.20. The van der Waals surface area contributed by atoms with Crippen molar-refractivity contribution in [1.82, 2.24) is 9.19 Å². The van der Waals surface area contributed by atoms with E-state index in [0.717, 1.165) is 12.8 Å². The number of rotatable bonds is 0. The number of hydrogen-bond acceptors (Lipinski definition) is 2. The Bertz CT molecular complexity index is 758. The average molecular weight is 299 g/mol. The second-order valence-corrected chi connectivity index (χ2v) is 6.62. The van der Waals surface area contributed by atoms with Gasteiger partial charge in [0.1, 0.15) is 0 Å². The molecule has 0 bridgehead atoms. The molecule has 1 aliphatic carbocycles. The van der Waals surface area contributed by atoms with Crippen molar-refractivity contribution in [2.75, 3.05) is 0 Å². The first-order valence-electron chi connectivity index (χ1n) is 6.17. The van der Waals surface area contributed by atoms with Crippen LogP contribution < -0.4 is 0 Å². The molecule has 0 atom stereocenters. The van der Waals surface area contributed by atoms with Crippen LogP contribution in [0.3, 0.4) is 0 Å². The summed E-state index contributed by atoms with van der Waals surface area (Å²) in [7, 11) is 0. The number of nitrogens with zero attached hydrogens (tertiary/aromatic N) is 2. The molecule has 1 aromatic heterocycles. The van der Waals surface area contributed by atoms with Crippen LogP contribution in [0.1, 0.15) is 15.6 Å². The molecule has 0 saturated carbocycles. The molecule has 18 heavy (non-hydrogen) atoms. The van der Waals surface area contributed by atoms with E-state index in [4.69, 9.17) is 0 Å². The molecule has 1 aliphatic rings. The van der Waals surface area contributed by atoms with Crippen LogP contribution in [-0.2, 0) is 12.8 Å². The van der Waals surface area contributed by atoms with Crippen LogP contribution in [0.2, 0.25) is 0 Å². The van der Waals surface area contributed by atoms with Gasteiger partial charge in [-0.1, -0.05) is 0 Å². The molecule has 0 radical (unpaired) electrons. The summed E-state index contributed by atoms with van der Waals surface area (Å²) in [5.74, 6) is 0. The summed E-state index contributed by atoms with van der Waals surface area (Å²) in [6, 6.07) is 11.2. The summed E-state index contributed by atoms with van der Waals surface area (Å²) in [5, 5.41) is 7.09. The van der Waals surface area contributed by atoms with Gasteiger partial charge < -0.3 is 0 Å². The summed E-state index contributed by atoms with van der Waals surface area (Å²) in [4.78, 5) is 0. The number of fused-ring (bicyclic) bond motifs is 5. The van der Waals surface area contributed by atoms with E-state index in [1.165, 1.54) is 37.6 Å². The van der Waals surface area contributed by atoms with Crippen LogP contribution in [-0.4, -0.2) is 23.9 Å². The van der Waals surface area contributed by atoms with Crippen LogP contribution in [0.4, 0.5) is 0 Å². The van der Waals surface area contributed by atoms with Crippen LogP contribution in [0.25, 0.3) is 22.0 Å². The quantitative estimate of drug-likeness (QED) is 0.597. The topological polar surface area (TPSA) is 25.8 Å². The number of aryl methyl sites for hydroxylation is 3. The van der Waals surface area contributed by atoms with Gasteiger partial charge in [0, 0.05) is 0 Å². The zero-order chi connectivity index (χ0) is 12.1. The number of hydrogen-bond donors (Lipinski definition) is 0. The van der Waals surface area contributed by atoms with E-state index in [9.17, 15) is 0 Å². The first-order chi connectivity index (χ1) is 8.83. The van der Waals surface area contributed by atoms with Gasteiger partial charge in [0.2, 0.25) is 0 Å². The Morgan fingerprint density at radius 1 is 1.11 bits per heavy atom. The van der Waals surface area contributed by atoms with Crippen LogP contribution >= 0.6 is 0 Å². The fourth-order valence-electron chi connectivity index (χ4n) is 2.82. The maximum absolute atomic E-state index is 4.36. The molecule has 0 spiro atoms. The predicted octanol–water partition coefficient (Wildman–Crippen LogP) is 2.76. The van der Waals surface area contributed by atoms with Gasteiger partial charge in [0.25, 0.3) is 0 Å². The van der Waals surface area contributed by atoms with Crippen molar-refractivity contribution in [3.8, 4) is 11.3 Å². The standard InChI is InChI=1S/C15H12N2Se/c1-9-2-4-11-10(8-9)3-5-13-12(11)6-7-14-15(13)16-17-18-14/h2-5,8H,6-7H2,1H3. The van der Waals surface area contributed by atoms with E-state index in [2.05, 4.69) is 46.4 Å². The van der Waals surface area contributed by atoms with Gasteiger partial charge in [0.05, 0.1) is 0 Å². The van der Waals surface area contributed by atoms with Crippen LogP contribution in [0, 0.1) is 6.92 Å². The monoisotopic (exact) mass is 300 g/mol. The van der Waals surface area contributed by atoms with Gasteiger partial charge in [-0.2, -0.15) is 0 Å². The molecule has 2 aromatic carbocycles. The molecule has 88 valence electrons. The second-order valence-electron chi connectivity index (χ2n) is 4.86. The molecule has 3 heteroatoms. The molecule has 3 aromatic rings. The van der Waals surface area contributed by atoms with Gasteiger partial charge in [-0.05, 0) is 0 Å². The first kappa shape index (κ1) is 10.5. The van der Waals surface area contributed by atoms with E-state index in [0.29, 0.717) is 0 Å². The summed E-state index contributed by atoms with van der Waals surface area (Å²) >= 11 is 0.259. The van der Waals surface area contributed by atoms with Gasteiger partial charge in [-0.25, -0.2) is 0 Å². The second kappa shape index (κ2) is 3.77.